The number of carbonyl (C=O) groups excluding carboxylic acids is 3. The monoisotopic (exact) mass is 1090 g/mol. The van der Waals surface area contributed by atoms with E-state index >= 15 is 0 Å². The van der Waals surface area contributed by atoms with Crippen LogP contribution in [0.2, 0.25) is 0 Å². The van der Waals surface area contributed by atoms with E-state index in [1.807, 2.05) is 11.8 Å². The van der Waals surface area contributed by atoms with Gasteiger partial charge < -0.3 is 74.1 Å². The number of ether oxygens (including phenoxy) is 8. The molecule has 13 atom stereocenters. The van der Waals surface area contributed by atoms with Gasteiger partial charge in [0.15, 0.2) is 0 Å². The van der Waals surface area contributed by atoms with Crippen molar-refractivity contribution in [3.05, 3.63) is 11.9 Å². The van der Waals surface area contributed by atoms with Gasteiger partial charge in [-0.05, 0) is 46.5 Å². The van der Waals surface area contributed by atoms with Crippen molar-refractivity contribution in [2.24, 2.45) is 0 Å². The average Bonchev–Trinajstić information content (AvgIpc) is 4.11. The van der Waals surface area contributed by atoms with Crippen molar-refractivity contribution < 1.29 is 94.4 Å². The minimum atomic E-state index is -4.81. The predicted molar refractivity (Wildman–Crippen MR) is 252 cm³/mol. The molecule has 0 radical (unpaired) electrons. The Morgan fingerprint density at radius 1 is 0.819 bits per heavy atom. The number of nitrogens with zero attached hydrogens (tertiary/aromatic N) is 3. The Bertz CT molecular complexity index is 1950. The summed E-state index contributed by atoms with van der Waals surface area (Å²) in [6.45, 7) is 8.92. The van der Waals surface area contributed by atoms with Gasteiger partial charge in [-0.15, -0.1) is 5.10 Å². The van der Waals surface area contributed by atoms with Crippen LogP contribution in [-0.2, 0) is 87.9 Å². The molecule has 5 aliphatic rings. The van der Waals surface area contributed by atoms with E-state index in [4.69, 9.17) is 56.0 Å². The number of hydrogen-bond acceptors (Lipinski definition) is 21. The number of rotatable bonds is 30. The van der Waals surface area contributed by atoms with E-state index < -0.39 is 77.7 Å². The summed E-state index contributed by atoms with van der Waals surface area (Å²) in [6.07, 6.45) is -2.97. The minimum Gasteiger partial charge on any atom is -0.388 e. The lowest BCUT2D eigenvalue weighted by Gasteiger charge is -2.29. The van der Waals surface area contributed by atoms with Crippen molar-refractivity contribution in [1.29, 1.82) is 0 Å². The molecule has 5 saturated heterocycles. The van der Waals surface area contributed by atoms with E-state index in [2.05, 4.69) is 38.5 Å². The highest BCUT2D eigenvalue weighted by molar-refractivity contribution is 8.00. The summed E-state index contributed by atoms with van der Waals surface area (Å²) >= 11 is 1.89. The minimum absolute atomic E-state index is 0.0501. The predicted octanol–water partition coefficient (Wildman–Crippen LogP) is 0.328. The Kier molecular flexibility index (Phi) is 23.8. The molecule has 5 fully saturated rings. The standard InChI is InChI=1S/C42H73N7O20P2S/c1-28-36(52)38-31(66-28)25-64-71(56,57)69-39-32(26-65-70(54,55)68-38)67-29(2)37(39)63-24-30-22-49(48-47-30)23-35(51)44-11-7-13-59-15-17-61-19-21-62-20-18-60-16-14-58-12-6-10-43-34(50)9-5-4-8-33-40-42(3,27-72-33)46-41(53)45-40/h22,28-29,31-33,36-40,52H,4-21,23-27H2,1-3H3,(H,43,50)(H,44,51)(H,54,55)(H,56,57)(H2,45,46,53)/t28-,29-,31+,32+,33-,36?,37+,38-,39?,40+,42-/m0/s1. The molecule has 0 aliphatic carbocycles. The molecular formula is C42H73N7O20P2S. The van der Waals surface area contributed by atoms with Gasteiger partial charge in [0.1, 0.15) is 48.9 Å². The number of fused-ring (bicyclic) bond motifs is 3. The van der Waals surface area contributed by atoms with E-state index in [-0.39, 0.29) is 42.6 Å². The second kappa shape index (κ2) is 29.2. The lowest BCUT2D eigenvalue weighted by molar-refractivity contribution is -0.122. The maximum absolute atomic E-state index is 13.0. The van der Waals surface area contributed by atoms with Crippen LogP contribution in [0.3, 0.4) is 0 Å². The van der Waals surface area contributed by atoms with Gasteiger partial charge in [-0.2, -0.15) is 11.8 Å². The highest BCUT2D eigenvalue weighted by Gasteiger charge is 2.53. The van der Waals surface area contributed by atoms with Crippen LogP contribution in [0.25, 0.3) is 0 Å². The highest BCUT2D eigenvalue weighted by Crippen LogP contribution is 2.52. The SMILES string of the molecule is C[C@@H]1O[C@@H]2COP(=O)(O)OC3[C@@H](COP(=O)(O)O[C@@H]2C1O)O[C@@H](C)[C@H]3OCc1cn(CC(=O)NCCCOCCOCCOCCOCCOCCCNC(=O)CCCC[C@@H]2SC[C@]3(C)NC(=O)N[C@H]23)nn1. The van der Waals surface area contributed by atoms with E-state index in [0.717, 1.165) is 31.4 Å². The zero-order valence-corrected chi connectivity index (χ0v) is 43.6. The molecule has 7 N–H and O–H groups in total. The molecule has 4 amide bonds. The van der Waals surface area contributed by atoms with Gasteiger partial charge in [0.2, 0.25) is 11.8 Å². The summed E-state index contributed by atoms with van der Waals surface area (Å²) in [5.74, 6) is 0.653. The quantitative estimate of drug-likeness (QED) is 0.0310. The number of aliphatic hydroxyl groups excluding tert-OH is 1. The second-order valence-corrected chi connectivity index (χ2v) is 22.2. The van der Waals surface area contributed by atoms with Crippen molar-refractivity contribution in [1.82, 2.24) is 36.3 Å². The first-order valence-electron chi connectivity index (χ1n) is 24.4. The van der Waals surface area contributed by atoms with Gasteiger partial charge in [0, 0.05) is 43.7 Å². The zero-order valence-electron chi connectivity index (χ0n) is 41.0. The maximum Gasteiger partial charge on any atom is 0.472 e. The number of urea groups is 1. The zero-order chi connectivity index (χ0) is 51.6. The molecule has 5 aliphatic heterocycles. The third-order valence-corrected chi connectivity index (χ3v) is 16.0. The molecular weight excluding hydrogens is 1020 g/mol. The molecule has 0 spiro atoms. The molecule has 4 unspecified atom stereocenters. The summed E-state index contributed by atoms with van der Waals surface area (Å²) < 4.78 is 93.1. The van der Waals surface area contributed by atoms with Crippen LogP contribution in [0, 0.1) is 0 Å². The Labute approximate surface area is 422 Å². The first-order chi connectivity index (χ1) is 34.5. The van der Waals surface area contributed by atoms with E-state index in [0.29, 0.717) is 103 Å². The van der Waals surface area contributed by atoms with Gasteiger partial charge in [-0.3, -0.25) is 27.7 Å². The van der Waals surface area contributed by atoms with Crippen molar-refractivity contribution in [3.8, 4) is 0 Å². The number of phosphoric ester groups is 2. The van der Waals surface area contributed by atoms with Crippen molar-refractivity contribution in [2.75, 3.05) is 98.1 Å². The third-order valence-electron chi connectivity index (χ3n) is 12.3. The molecule has 30 heteroatoms. The number of nitrogens with one attached hydrogen (secondary N) is 4. The first kappa shape index (κ1) is 58.8. The fraction of sp³-hybridized carbons (Fsp3) is 0.881. The van der Waals surface area contributed by atoms with E-state index in [1.54, 1.807) is 6.92 Å². The van der Waals surface area contributed by atoms with Crippen molar-refractivity contribution in [3.63, 3.8) is 0 Å². The number of amides is 4. The lowest BCUT2D eigenvalue weighted by Crippen LogP contribution is -2.47. The van der Waals surface area contributed by atoms with Gasteiger partial charge in [0.05, 0.1) is 103 Å². The summed E-state index contributed by atoms with van der Waals surface area (Å²) in [6, 6.07) is 0.0655. The second-order valence-electron chi connectivity index (χ2n) is 18.2. The third kappa shape index (κ3) is 19.0. The summed E-state index contributed by atoms with van der Waals surface area (Å²) in [4.78, 5) is 57.4. The summed E-state index contributed by atoms with van der Waals surface area (Å²) in [5.41, 5.74) is 0.153. The van der Waals surface area contributed by atoms with Crippen LogP contribution in [-0.4, -0.2) is 212 Å². The number of unbranched alkanes of at least 4 members (excludes halogenated alkanes) is 1. The molecule has 1 aromatic rings. The summed E-state index contributed by atoms with van der Waals surface area (Å²) in [5, 5.41) is 30.6. The molecule has 0 saturated carbocycles. The van der Waals surface area contributed by atoms with Crippen molar-refractivity contribution in [2.45, 2.75) is 138 Å². The summed E-state index contributed by atoms with van der Waals surface area (Å²) in [7, 11) is -9.60. The Hall–Kier alpha value is -2.44. The molecule has 412 valence electrons. The number of hydrogen-bond donors (Lipinski definition) is 7. The average molecular weight is 1090 g/mol. The van der Waals surface area contributed by atoms with Gasteiger partial charge in [-0.1, -0.05) is 11.6 Å². The Balaban J connectivity index is 0.702. The molecule has 72 heavy (non-hydrogen) atoms. The van der Waals surface area contributed by atoms with E-state index in [9.17, 15) is 38.4 Å². The highest BCUT2D eigenvalue weighted by atomic mass is 32.2. The first-order valence-corrected chi connectivity index (χ1v) is 28.5. The van der Waals surface area contributed by atoms with Gasteiger partial charge in [0.25, 0.3) is 0 Å². The van der Waals surface area contributed by atoms with E-state index in [1.165, 1.54) is 17.8 Å². The Morgan fingerprint density at radius 2 is 1.38 bits per heavy atom. The topological polar surface area (TPSA) is 336 Å². The van der Waals surface area contributed by atoms with Crippen LogP contribution in [0.15, 0.2) is 6.20 Å². The molecule has 6 heterocycles. The van der Waals surface area contributed by atoms with Crippen LogP contribution in [0.1, 0.15) is 65.0 Å². The normalized spacial score (nSPS) is 33.6. The number of aromatic nitrogens is 3. The fourth-order valence-electron chi connectivity index (χ4n) is 8.59. The number of phosphoric acid groups is 2. The smallest absolute Gasteiger partial charge is 0.388 e. The molecule has 0 aromatic carbocycles. The van der Waals surface area contributed by atoms with Crippen LogP contribution in [0.4, 0.5) is 4.79 Å². The molecule has 6 rings (SSSR count). The Morgan fingerprint density at radius 3 is 2.00 bits per heavy atom. The number of aliphatic hydroxyl groups is 1. The van der Waals surface area contributed by atoms with Crippen LogP contribution >= 0.6 is 27.4 Å². The molecule has 0 bridgehead atoms. The fourth-order valence-corrected chi connectivity index (χ4v) is 12.2. The van der Waals surface area contributed by atoms with Gasteiger partial charge >= 0.3 is 21.7 Å². The van der Waals surface area contributed by atoms with Crippen molar-refractivity contribution >= 4 is 45.3 Å². The number of thioether (sulfide) groups is 1. The lowest BCUT2D eigenvalue weighted by atomic mass is 9.92. The number of carbonyl (C=O) groups is 3. The molecule has 1 aromatic heterocycles. The maximum atomic E-state index is 13.0. The molecule has 27 nitrogen and oxygen atoms in total. The van der Waals surface area contributed by atoms with Gasteiger partial charge in [-0.25, -0.2) is 18.6 Å². The largest absolute Gasteiger partial charge is 0.472 e. The van der Waals surface area contributed by atoms with Crippen LogP contribution in [0.5, 0.6) is 0 Å². The van der Waals surface area contributed by atoms with Crippen LogP contribution < -0.4 is 21.3 Å².